The summed E-state index contributed by atoms with van der Waals surface area (Å²) in [5.74, 6) is 1.06. The summed E-state index contributed by atoms with van der Waals surface area (Å²) in [4.78, 5) is 0. The molecule has 0 aliphatic rings. The second-order valence-electron chi connectivity index (χ2n) is 6.14. The Labute approximate surface area is 108 Å². The second kappa shape index (κ2) is 6.32. The Morgan fingerprint density at radius 1 is 0.824 bits per heavy atom. The summed E-state index contributed by atoms with van der Waals surface area (Å²) < 4.78 is 16.9. The van der Waals surface area contributed by atoms with E-state index in [0.29, 0.717) is 11.8 Å². The molecule has 0 bridgehead atoms. The molecule has 0 fully saturated rings. The molecular formula is C13H30O3Si. The molecule has 0 heterocycles. The molecule has 0 aliphatic carbocycles. The molecule has 0 aliphatic heterocycles. The van der Waals surface area contributed by atoms with Crippen LogP contribution >= 0.6 is 0 Å². The van der Waals surface area contributed by atoms with Crippen molar-refractivity contribution in [3.63, 3.8) is 0 Å². The molecule has 0 N–H and O–H groups in total. The first kappa shape index (κ1) is 17.1. The molecule has 4 heteroatoms. The third kappa shape index (κ3) is 3.78. The Bertz CT molecular complexity index is 211. The summed E-state index contributed by atoms with van der Waals surface area (Å²) in [5, 5.41) is 0. The lowest BCUT2D eigenvalue weighted by molar-refractivity contribution is 0.0724. The van der Waals surface area contributed by atoms with E-state index in [-0.39, 0.29) is 11.0 Å². The van der Waals surface area contributed by atoms with Gasteiger partial charge in [0.2, 0.25) is 0 Å². The third-order valence-electron chi connectivity index (χ3n) is 3.67. The monoisotopic (exact) mass is 262 g/mol. The molecule has 0 amide bonds. The maximum Gasteiger partial charge on any atom is 0.503 e. The molecule has 3 nitrogen and oxygen atoms in total. The normalized spacial score (nSPS) is 17.3. The lowest BCUT2D eigenvalue weighted by Crippen LogP contribution is -2.52. The van der Waals surface area contributed by atoms with Gasteiger partial charge in [-0.25, -0.2) is 0 Å². The van der Waals surface area contributed by atoms with Gasteiger partial charge >= 0.3 is 8.80 Å². The standard InChI is InChI=1S/C13H30O3Si/c1-10(2)12(13(4,5)6)11(3)17(14-7,15-8)16-9/h10-12H,1-9H3. The maximum atomic E-state index is 5.62. The predicted molar refractivity (Wildman–Crippen MR) is 74.0 cm³/mol. The van der Waals surface area contributed by atoms with Crippen molar-refractivity contribution in [3.05, 3.63) is 0 Å². The van der Waals surface area contributed by atoms with Gasteiger partial charge < -0.3 is 13.3 Å². The Morgan fingerprint density at radius 3 is 1.35 bits per heavy atom. The Balaban J connectivity index is 5.26. The fourth-order valence-corrected chi connectivity index (χ4v) is 6.30. The zero-order chi connectivity index (χ0) is 13.9. The van der Waals surface area contributed by atoms with Crippen molar-refractivity contribution in [2.75, 3.05) is 21.3 Å². The molecule has 0 saturated carbocycles. The zero-order valence-corrected chi connectivity index (χ0v) is 14.0. The molecule has 17 heavy (non-hydrogen) atoms. The first-order valence-corrected chi connectivity index (χ1v) is 8.12. The van der Waals surface area contributed by atoms with Gasteiger partial charge in [-0.05, 0) is 17.3 Å². The molecule has 0 aromatic carbocycles. The van der Waals surface area contributed by atoms with Crippen LogP contribution in [0.4, 0.5) is 0 Å². The van der Waals surface area contributed by atoms with Gasteiger partial charge in [0.25, 0.3) is 0 Å². The quantitative estimate of drug-likeness (QED) is 0.685. The minimum atomic E-state index is -2.56. The van der Waals surface area contributed by atoms with Crippen LogP contribution in [-0.4, -0.2) is 30.1 Å². The van der Waals surface area contributed by atoms with Gasteiger partial charge in [0.15, 0.2) is 0 Å². The summed E-state index contributed by atoms with van der Waals surface area (Å²) in [5.41, 5.74) is 0.490. The van der Waals surface area contributed by atoms with Crippen LogP contribution in [0, 0.1) is 17.3 Å². The highest BCUT2D eigenvalue weighted by Crippen LogP contribution is 2.45. The molecule has 2 unspecified atom stereocenters. The molecule has 0 rings (SSSR count). The largest absolute Gasteiger partial charge is 0.503 e. The first-order chi connectivity index (χ1) is 7.66. The van der Waals surface area contributed by atoms with Gasteiger partial charge in [0.05, 0.1) is 0 Å². The van der Waals surface area contributed by atoms with Gasteiger partial charge in [-0.2, -0.15) is 0 Å². The highest BCUT2D eigenvalue weighted by Gasteiger charge is 2.51. The number of rotatable bonds is 6. The smallest absolute Gasteiger partial charge is 0.377 e. The van der Waals surface area contributed by atoms with E-state index in [1.54, 1.807) is 21.3 Å². The van der Waals surface area contributed by atoms with Crippen molar-refractivity contribution < 1.29 is 13.3 Å². The Kier molecular flexibility index (Phi) is 6.35. The van der Waals surface area contributed by atoms with Crippen LogP contribution in [-0.2, 0) is 13.3 Å². The summed E-state index contributed by atoms with van der Waals surface area (Å²) >= 11 is 0. The minimum absolute atomic E-state index is 0.210. The molecule has 0 radical (unpaired) electrons. The van der Waals surface area contributed by atoms with E-state index in [9.17, 15) is 0 Å². The topological polar surface area (TPSA) is 27.7 Å². The highest BCUT2D eigenvalue weighted by atomic mass is 28.4. The summed E-state index contributed by atoms with van der Waals surface area (Å²) in [6.07, 6.45) is 0. The zero-order valence-electron chi connectivity index (χ0n) is 13.0. The average molecular weight is 262 g/mol. The van der Waals surface area contributed by atoms with Crippen LogP contribution in [0.2, 0.25) is 5.54 Å². The van der Waals surface area contributed by atoms with E-state index in [1.165, 1.54) is 0 Å². The van der Waals surface area contributed by atoms with Crippen LogP contribution in [0.1, 0.15) is 41.5 Å². The van der Waals surface area contributed by atoms with Crippen molar-refractivity contribution in [3.8, 4) is 0 Å². The Morgan fingerprint density at radius 2 is 1.18 bits per heavy atom. The third-order valence-corrected chi connectivity index (χ3v) is 6.85. The molecular weight excluding hydrogens is 232 g/mol. The van der Waals surface area contributed by atoms with Gasteiger partial charge in [0.1, 0.15) is 0 Å². The lowest BCUT2D eigenvalue weighted by atomic mass is 9.72. The van der Waals surface area contributed by atoms with Crippen LogP contribution < -0.4 is 0 Å². The van der Waals surface area contributed by atoms with E-state index in [0.717, 1.165) is 0 Å². The SMILES string of the molecule is CO[Si](OC)(OC)C(C)C(C(C)C)C(C)(C)C. The maximum absolute atomic E-state index is 5.62. The second-order valence-corrected chi connectivity index (χ2v) is 9.48. The van der Waals surface area contributed by atoms with E-state index < -0.39 is 8.80 Å². The molecule has 0 aromatic rings. The summed E-state index contributed by atoms with van der Waals surface area (Å²) in [6, 6.07) is 0. The van der Waals surface area contributed by atoms with Gasteiger partial charge in [-0.3, -0.25) is 0 Å². The molecule has 104 valence electrons. The van der Waals surface area contributed by atoms with E-state index >= 15 is 0 Å². The van der Waals surface area contributed by atoms with E-state index in [2.05, 4.69) is 41.5 Å². The number of hydrogen-bond acceptors (Lipinski definition) is 3. The van der Waals surface area contributed by atoms with Crippen LogP contribution in [0.15, 0.2) is 0 Å². The minimum Gasteiger partial charge on any atom is -0.377 e. The summed E-state index contributed by atoms with van der Waals surface area (Å²) in [7, 11) is 2.51. The van der Waals surface area contributed by atoms with Gasteiger partial charge in [0, 0.05) is 26.9 Å². The average Bonchev–Trinajstić information content (AvgIpc) is 2.18. The first-order valence-electron chi connectivity index (χ1n) is 6.31. The summed E-state index contributed by atoms with van der Waals surface area (Å²) in [6.45, 7) is 13.5. The number of hydrogen-bond donors (Lipinski definition) is 0. The highest BCUT2D eigenvalue weighted by molar-refractivity contribution is 6.62. The van der Waals surface area contributed by atoms with Crippen LogP contribution in [0.25, 0.3) is 0 Å². The van der Waals surface area contributed by atoms with Crippen molar-refractivity contribution in [2.45, 2.75) is 47.1 Å². The van der Waals surface area contributed by atoms with Crippen molar-refractivity contribution in [2.24, 2.45) is 17.3 Å². The molecule has 0 spiro atoms. The van der Waals surface area contributed by atoms with Crippen molar-refractivity contribution >= 4 is 8.80 Å². The molecule has 0 aromatic heterocycles. The van der Waals surface area contributed by atoms with Gasteiger partial charge in [-0.1, -0.05) is 41.5 Å². The van der Waals surface area contributed by atoms with Crippen LogP contribution in [0.3, 0.4) is 0 Å². The lowest BCUT2D eigenvalue weighted by Gasteiger charge is -2.43. The van der Waals surface area contributed by atoms with Crippen molar-refractivity contribution in [1.82, 2.24) is 0 Å². The molecule has 2 atom stereocenters. The fraction of sp³-hybridized carbons (Fsp3) is 1.00. The fourth-order valence-electron chi connectivity index (χ4n) is 3.35. The van der Waals surface area contributed by atoms with Gasteiger partial charge in [-0.15, -0.1) is 0 Å². The van der Waals surface area contributed by atoms with Crippen molar-refractivity contribution in [1.29, 1.82) is 0 Å². The van der Waals surface area contributed by atoms with E-state index in [1.807, 2.05) is 0 Å². The van der Waals surface area contributed by atoms with Crippen LogP contribution in [0.5, 0.6) is 0 Å². The van der Waals surface area contributed by atoms with E-state index in [4.69, 9.17) is 13.3 Å². The predicted octanol–water partition coefficient (Wildman–Crippen LogP) is 3.57. The molecule has 0 saturated heterocycles. The Hall–Kier alpha value is 0.0969.